The predicted molar refractivity (Wildman–Crippen MR) is 210 cm³/mol. The van der Waals surface area contributed by atoms with Crippen LogP contribution in [0.5, 0.6) is 0 Å². The normalized spacial score (nSPS) is 13.2. The van der Waals surface area contributed by atoms with Gasteiger partial charge in [-0.2, -0.15) is 0 Å². The highest BCUT2D eigenvalue weighted by molar-refractivity contribution is 7.90. The highest BCUT2D eigenvalue weighted by Crippen LogP contribution is 2.40. The number of ether oxygens (including phenoxy) is 1. The average molecular weight is 735 g/mol. The zero-order chi connectivity index (χ0) is 37.7. The Morgan fingerprint density at radius 2 is 1.52 bits per heavy atom. The predicted octanol–water partition coefficient (Wildman–Crippen LogP) is 8.56. The Kier molecular flexibility index (Phi) is 11.6. The van der Waals surface area contributed by atoms with Gasteiger partial charge < -0.3 is 9.16 Å². The Morgan fingerprint density at radius 3 is 2.04 bits per heavy atom. The zero-order valence-electron chi connectivity index (χ0n) is 30.8. The van der Waals surface area contributed by atoms with Crippen molar-refractivity contribution in [1.29, 1.82) is 0 Å². The van der Waals surface area contributed by atoms with Crippen LogP contribution in [0.15, 0.2) is 131 Å². The number of rotatable bonds is 13. The maximum Gasteiger partial charge on any atom is 0.315 e. The molecule has 5 rings (SSSR count). The van der Waals surface area contributed by atoms with Gasteiger partial charge in [0.05, 0.1) is 23.6 Å². The fourth-order valence-electron chi connectivity index (χ4n) is 6.97. The SMILES string of the molecule is CCOC(=O)C(N=[N+]=[N-])C(C=C(C)C)c1cn(S(=O)(=O)c2ccc(C)cc2)c2cccc(CO[Si](c3ccccc3)(c3ccccc3)C(C)(C)C)c12. The molecule has 0 saturated carbocycles. The monoisotopic (exact) mass is 734 g/mol. The molecule has 0 amide bonds. The average Bonchev–Trinajstić information content (AvgIpc) is 3.52. The van der Waals surface area contributed by atoms with Gasteiger partial charge in [-0.15, -0.1) is 0 Å². The number of aromatic nitrogens is 1. The Balaban J connectivity index is 1.81. The summed E-state index contributed by atoms with van der Waals surface area (Å²) in [5, 5.41) is 6.42. The van der Waals surface area contributed by atoms with Gasteiger partial charge in [0.1, 0.15) is 6.04 Å². The standard InChI is InChI=1S/C41H46N4O5SSi/c1-8-49-40(46)39(43-44-42)35(26-29(2)3)36-27-45(51(47,48)32-24-22-30(4)23-25-32)37-21-15-16-31(38(36)37)28-50-52(41(5,6)7,33-17-11-9-12-18-33)34-19-13-10-14-20-34/h9-27,35,39H,8,28H2,1-7H3. The lowest BCUT2D eigenvalue weighted by Gasteiger charge is -2.43. The number of esters is 1. The first kappa shape index (κ1) is 38.3. The third-order valence-electron chi connectivity index (χ3n) is 9.27. The van der Waals surface area contributed by atoms with E-state index in [0.717, 1.165) is 27.1 Å². The van der Waals surface area contributed by atoms with Crippen molar-refractivity contribution in [2.75, 3.05) is 6.61 Å². The van der Waals surface area contributed by atoms with Crippen molar-refractivity contribution in [3.05, 3.63) is 148 Å². The van der Waals surface area contributed by atoms with Crippen molar-refractivity contribution in [2.24, 2.45) is 5.11 Å². The van der Waals surface area contributed by atoms with Crippen LogP contribution in [0.1, 0.15) is 64.2 Å². The molecule has 0 aliphatic rings. The fourth-order valence-corrected chi connectivity index (χ4v) is 12.9. The van der Waals surface area contributed by atoms with E-state index in [-0.39, 0.29) is 23.1 Å². The van der Waals surface area contributed by atoms with Crippen LogP contribution in [-0.2, 0) is 30.6 Å². The van der Waals surface area contributed by atoms with E-state index in [0.29, 0.717) is 16.5 Å². The second-order valence-electron chi connectivity index (χ2n) is 14.1. The number of benzene rings is 4. The van der Waals surface area contributed by atoms with Gasteiger partial charge in [-0.3, -0.25) is 4.79 Å². The molecule has 4 aromatic carbocycles. The molecule has 5 aromatic rings. The van der Waals surface area contributed by atoms with Gasteiger partial charge in [0.15, 0.2) is 0 Å². The van der Waals surface area contributed by atoms with Crippen molar-refractivity contribution < 1.29 is 22.4 Å². The smallest absolute Gasteiger partial charge is 0.315 e. The summed E-state index contributed by atoms with van der Waals surface area (Å²) < 4.78 is 42.9. The molecule has 0 N–H and O–H groups in total. The third kappa shape index (κ3) is 7.49. The summed E-state index contributed by atoms with van der Waals surface area (Å²) in [6.45, 7) is 14.1. The van der Waals surface area contributed by atoms with Crippen LogP contribution in [0, 0.1) is 6.92 Å². The first-order chi connectivity index (χ1) is 24.8. The van der Waals surface area contributed by atoms with E-state index in [4.69, 9.17) is 9.16 Å². The van der Waals surface area contributed by atoms with Crippen LogP contribution in [0.3, 0.4) is 0 Å². The number of allylic oxidation sites excluding steroid dienone is 1. The van der Waals surface area contributed by atoms with Gasteiger partial charge in [-0.25, -0.2) is 12.4 Å². The molecule has 0 radical (unpaired) electrons. The molecule has 0 fully saturated rings. The molecule has 2 atom stereocenters. The lowest BCUT2D eigenvalue weighted by molar-refractivity contribution is -0.144. The van der Waals surface area contributed by atoms with Gasteiger partial charge in [0.2, 0.25) is 0 Å². The number of nitrogens with zero attached hydrogens (tertiary/aromatic N) is 4. The van der Waals surface area contributed by atoms with Crippen LogP contribution < -0.4 is 10.4 Å². The lowest BCUT2D eigenvalue weighted by Crippen LogP contribution is -2.66. The molecule has 52 heavy (non-hydrogen) atoms. The van der Waals surface area contributed by atoms with Crippen molar-refractivity contribution in [3.8, 4) is 0 Å². The summed E-state index contributed by atoms with van der Waals surface area (Å²) in [7, 11) is -7.14. The van der Waals surface area contributed by atoms with Gasteiger partial charge >= 0.3 is 5.97 Å². The largest absolute Gasteiger partial charge is 0.466 e. The van der Waals surface area contributed by atoms with Crippen molar-refractivity contribution >= 4 is 45.6 Å². The van der Waals surface area contributed by atoms with E-state index in [9.17, 15) is 18.7 Å². The number of fused-ring (bicyclic) bond motifs is 1. The molecule has 0 spiro atoms. The molecule has 11 heteroatoms. The van der Waals surface area contributed by atoms with E-state index in [1.54, 1.807) is 43.5 Å². The molecule has 0 bridgehead atoms. The summed E-state index contributed by atoms with van der Waals surface area (Å²) in [6.07, 6.45) is 3.38. The number of azide groups is 1. The highest BCUT2D eigenvalue weighted by atomic mass is 32.2. The number of hydrogen-bond donors (Lipinski definition) is 0. The van der Waals surface area contributed by atoms with E-state index < -0.39 is 36.3 Å². The summed E-state index contributed by atoms with van der Waals surface area (Å²) >= 11 is 0. The van der Waals surface area contributed by atoms with E-state index in [2.05, 4.69) is 55.1 Å². The van der Waals surface area contributed by atoms with Gasteiger partial charge in [0, 0.05) is 22.4 Å². The fraction of sp³-hybridized carbons (Fsp3) is 0.293. The molecule has 0 aliphatic carbocycles. The Bertz CT molecular complexity index is 2180. The molecular weight excluding hydrogens is 689 g/mol. The number of hydrogen-bond acceptors (Lipinski definition) is 6. The first-order valence-corrected chi connectivity index (χ1v) is 20.7. The number of carbonyl (C=O) groups excluding carboxylic acids is 1. The second kappa shape index (κ2) is 15.8. The highest BCUT2D eigenvalue weighted by Gasteiger charge is 2.50. The molecule has 0 saturated heterocycles. The van der Waals surface area contributed by atoms with Crippen LogP contribution in [0.2, 0.25) is 5.04 Å². The molecule has 1 aromatic heterocycles. The molecule has 270 valence electrons. The maximum absolute atomic E-state index is 14.4. The van der Waals surface area contributed by atoms with E-state index >= 15 is 0 Å². The molecule has 1 heterocycles. The van der Waals surface area contributed by atoms with Crippen molar-refractivity contribution in [1.82, 2.24) is 3.97 Å². The van der Waals surface area contributed by atoms with Crippen LogP contribution in [-0.4, -0.2) is 39.3 Å². The molecular formula is C41H46N4O5SSi. The van der Waals surface area contributed by atoms with Crippen molar-refractivity contribution in [2.45, 2.75) is 77.0 Å². The minimum Gasteiger partial charge on any atom is -0.466 e. The summed E-state index contributed by atoms with van der Waals surface area (Å²) in [4.78, 5) is 16.6. The molecule has 2 unspecified atom stereocenters. The summed E-state index contributed by atoms with van der Waals surface area (Å²) in [6, 6.07) is 31.5. The minimum atomic E-state index is -4.12. The maximum atomic E-state index is 14.4. The molecule has 9 nitrogen and oxygen atoms in total. The Hall–Kier alpha value is -4.93. The van der Waals surface area contributed by atoms with Gasteiger partial charge in [-0.1, -0.05) is 128 Å². The van der Waals surface area contributed by atoms with Crippen LogP contribution in [0.4, 0.5) is 0 Å². The molecule has 0 aliphatic heterocycles. The van der Waals surface area contributed by atoms with Crippen molar-refractivity contribution in [3.63, 3.8) is 0 Å². The number of carbonyl (C=O) groups is 1. The first-order valence-electron chi connectivity index (χ1n) is 17.3. The zero-order valence-corrected chi connectivity index (χ0v) is 32.6. The van der Waals surface area contributed by atoms with Gasteiger partial charge in [-0.05, 0) is 78.0 Å². The van der Waals surface area contributed by atoms with Gasteiger partial charge in [0.25, 0.3) is 18.3 Å². The summed E-state index contributed by atoms with van der Waals surface area (Å²) in [5.41, 5.74) is 13.0. The lowest BCUT2D eigenvalue weighted by atomic mass is 9.88. The minimum absolute atomic E-state index is 0.0823. The second-order valence-corrected chi connectivity index (χ2v) is 20.3. The number of aryl methyl sites for hydroxylation is 1. The Morgan fingerprint density at radius 1 is 0.923 bits per heavy atom. The Labute approximate surface area is 307 Å². The quantitative estimate of drug-likeness (QED) is 0.0300. The van der Waals surface area contributed by atoms with Crippen LogP contribution >= 0.6 is 0 Å². The van der Waals surface area contributed by atoms with Crippen LogP contribution in [0.25, 0.3) is 21.3 Å². The summed E-state index contributed by atoms with van der Waals surface area (Å²) in [5.74, 6) is -1.56. The topological polar surface area (TPSA) is 123 Å². The third-order valence-corrected chi connectivity index (χ3v) is 15.9. The van der Waals surface area contributed by atoms with E-state index in [1.807, 2.05) is 75.4 Å². The van der Waals surface area contributed by atoms with E-state index in [1.165, 1.54) is 3.97 Å².